The Kier molecular flexibility index (Phi) is 6.25. The molecule has 0 aliphatic heterocycles. The Morgan fingerprint density at radius 1 is 1.39 bits per heavy atom. The summed E-state index contributed by atoms with van der Waals surface area (Å²) < 4.78 is 10.1. The molecule has 0 spiro atoms. The van der Waals surface area contributed by atoms with Gasteiger partial charge in [-0.3, -0.25) is 4.79 Å². The van der Waals surface area contributed by atoms with Crippen molar-refractivity contribution in [1.82, 2.24) is 0 Å². The fourth-order valence-corrected chi connectivity index (χ4v) is 2.01. The fourth-order valence-electron chi connectivity index (χ4n) is 1.42. The minimum atomic E-state index is -0.264. The van der Waals surface area contributed by atoms with Crippen LogP contribution in [-0.2, 0) is 16.1 Å². The minimum absolute atomic E-state index is 0.264. The summed E-state index contributed by atoms with van der Waals surface area (Å²) in [4.78, 5) is 10.9. The summed E-state index contributed by atoms with van der Waals surface area (Å²) in [6.07, 6.45) is 0.856. The van der Waals surface area contributed by atoms with Crippen LogP contribution in [-0.4, -0.2) is 19.7 Å². The molecule has 4 nitrogen and oxygen atoms in total. The maximum atomic E-state index is 10.9. The van der Waals surface area contributed by atoms with Gasteiger partial charge in [0.2, 0.25) is 0 Å². The Morgan fingerprint density at radius 2 is 2.11 bits per heavy atom. The molecule has 0 atom stereocenters. The van der Waals surface area contributed by atoms with Crippen LogP contribution in [0.4, 0.5) is 0 Å². The van der Waals surface area contributed by atoms with E-state index in [4.69, 9.17) is 33.7 Å². The summed E-state index contributed by atoms with van der Waals surface area (Å²) >= 11 is 11.9. The number of benzene rings is 1. The van der Waals surface area contributed by atoms with Crippen LogP contribution in [0.5, 0.6) is 5.75 Å². The first-order valence-corrected chi connectivity index (χ1v) is 6.21. The average molecular weight is 292 g/mol. The van der Waals surface area contributed by atoms with E-state index in [9.17, 15) is 4.79 Å². The Labute approximate surface area is 116 Å². The summed E-state index contributed by atoms with van der Waals surface area (Å²) in [5, 5.41) is 0.934. The summed E-state index contributed by atoms with van der Waals surface area (Å²) in [7, 11) is 1.35. The second kappa shape index (κ2) is 7.46. The second-order valence-corrected chi connectivity index (χ2v) is 4.45. The van der Waals surface area contributed by atoms with Crippen molar-refractivity contribution in [2.45, 2.75) is 19.4 Å². The molecule has 0 saturated heterocycles. The van der Waals surface area contributed by atoms with Crippen molar-refractivity contribution in [2.75, 3.05) is 13.7 Å². The third kappa shape index (κ3) is 4.37. The molecule has 0 radical (unpaired) electrons. The third-order valence-corrected chi connectivity index (χ3v) is 2.80. The van der Waals surface area contributed by atoms with Crippen LogP contribution in [0, 0.1) is 0 Å². The van der Waals surface area contributed by atoms with Gasteiger partial charge in [-0.2, -0.15) is 0 Å². The minimum Gasteiger partial charge on any atom is -0.492 e. The lowest BCUT2D eigenvalue weighted by atomic mass is 10.2. The predicted molar refractivity (Wildman–Crippen MR) is 71.1 cm³/mol. The molecule has 0 aliphatic rings. The molecule has 1 aromatic rings. The maximum absolute atomic E-state index is 10.9. The lowest BCUT2D eigenvalue weighted by Crippen LogP contribution is -2.07. The third-order valence-electron chi connectivity index (χ3n) is 2.30. The number of hydrogen-bond donors (Lipinski definition) is 1. The molecule has 0 aromatic heterocycles. The van der Waals surface area contributed by atoms with Crippen LogP contribution in [0.3, 0.4) is 0 Å². The molecule has 100 valence electrons. The highest BCUT2D eigenvalue weighted by molar-refractivity contribution is 6.35. The van der Waals surface area contributed by atoms with Gasteiger partial charge < -0.3 is 15.2 Å². The lowest BCUT2D eigenvalue weighted by Gasteiger charge is -2.12. The number of carbonyl (C=O) groups excluding carboxylic acids is 1. The molecular weight excluding hydrogens is 277 g/mol. The molecule has 1 rings (SSSR count). The van der Waals surface area contributed by atoms with E-state index in [0.29, 0.717) is 35.2 Å². The van der Waals surface area contributed by atoms with Gasteiger partial charge in [0.1, 0.15) is 5.75 Å². The van der Waals surface area contributed by atoms with Crippen molar-refractivity contribution in [2.24, 2.45) is 5.73 Å². The smallest absolute Gasteiger partial charge is 0.305 e. The zero-order chi connectivity index (χ0) is 13.5. The van der Waals surface area contributed by atoms with Crippen LogP contribution in [0.25, 0.3) is 0 Å². The van der Waals surface area contributed by atoms with Crippen molar-refractivity contribution >= 4 is 29.2 Å². The van der Waals surface area contributed by atoms with E-state index in [0.717, 1.165) is 5.56 Å². The number of nitrogens with two attached hydrogens (primary N) is 1. The molecule has 1 aromatic carbocycles. The van der Waals surface area contributed by atoms with Gasteiger partial charge >= 0.3 is 5.97 Å². The Bertz CT molecular complexity index is 424. The van der Waals surface area contributed by atoms with Gasteiger partial charge in [0.25, 0.3) is 0 Å². The molecule has 0 unspecified atom stereocenters. The standard InChI is InChI=1S/C12H15Cl2NO3/c1-17-11(16)3-2-4-18-12-8(7-15)5-9(13)6-10(12)14/h5-6H,2-4,7,15H2,1H3. The maximum Gasteiger partial charge on any atom is 0.305 e. The SMILES string of the molecule is COC(=O)CCCOc1c(Cl)cc(Cl)cc1CN. The Morgan fingerprint density at radius 3 is 2.72 bits per heavy atom. The zero-order valence-electron chi connectivity index (χ0n) is 10.0. The van der Waals surface area contributed by atoms with E-state index in [1.54, 1.807) is 12.1 Å². The van der Waals surface area contributed by atoms with Gasteiger partial charge in [-0.05, 0) is 18.6 Å². The molecule has 18 heavy (non-hydrogen) atoms. The van der Waals surface area contributed by atoms with E-state index in [-0.39, 0.29) is 12.5 Å². The number of ether oxygens (including phenoxy) is 2. The van der Waals surface area contributed by atoms with Crippen LogP contribution in [0.1, 0.15) is 18.4 Å². The summed E-state index contributed by atoms with van der Waals surface area (Å²) in [6, 6.07) is 3.31. The van der Waals surface area contributed by atoms with Crippen molar-refractivity contribution in [1.29, 1.82) is 0 Å². The van der Waals surface area contributed by atoms with Gasteiger partial charge in [0, 0.05) is 23.6 Å². The van der Waals surface area contributed by atoms with E-state index >= 15 is 0 Å². The monoisotopic (exact) mass is 291 g/mol. The topological polar surface area (TPSA) is 61.5 Å². The highest BCUT2D eigenvalue weighted by atomic mass is 35.5. The zero-order valence-corrected chi connectivity index (χ0v) is 11.6. The van der Waals surface area contributed by atoms with Gasteiger partial charge in [-0.15, -0.1) is 0 Å². The highest BCUT2D eigenvalue weighted by Gasteiger charge is 2.10. The first-order chi connectivity index (χ1) is 8.58. The fraction of sp³-hybridized carbons (Fsp3) is 0.417. The number of carbonyl (C=O) groups is 1. The molecule has 0 aliphatic carbocycles. The van der Waals surface area contributed by atoms with E-state index in [1.807, 2.05) is 0 Å². The predicted octanol–water partition coefficient (Wildman–Crippen LogP) is 2.78. The van der Waals surface area contributed by atoms with Crippen molar-refractivity contribution in [3.8, 4) is 5.75 Å². The average Bonchev–Trinajstić information content (AvgIpc) is 2.35. The Balaban J connectivity index is 2.59. The normalized spacial score (nSPS) is 10.2. The number of rotatable bonds is 6. The van der Waals surface area contributed by atoms with Gasteiger partial charge in [-0.1, -0.05) is 23.2 Å². The lowest BCUT2D eigenvalue weighted by molar-refractivity contribution is -0.140. The highest BCUT2D eigenvalue weighted by Crippen LogP contribution is 2.32. The van der Waals surface area contributed by atoms with E-state index in [1.165, 1.54) is 7.11 Å². The molecule has 2 N–H and O–H groups in total. The van der Waals surface area contributed by atoms with E-state index in [2.05, 4.69) is 4.74 Å². The summed E-state index contributed by atoms with van der Waals surface area (Å²) in [6.45, 7) is 0.649. The van der Waals surface area contributed by atoms with Crippen LogP contribution in [0.15, 0.2) is 12.1 Å². The summed E-state index contributed by atoms with van der Waals surface area (Å²) in [5.74, 6) is 0.258. The summed E-state index contributed by atoms with van der Waals surface area (Å²) in [5.41, 5.74) is 6.33. The molecule has 0 fully saturated rings. The molecule has 6 heteroatoms. The first kappa shape index (κ1) is 15.1. The van der Waals surface area contributed by atoms with E-state index < -0.39 is 0 Å². The van der Waals surface area contributed by atoms with Crippen LogP contribution >= 0.6 is 23.2 Å². The molecule has 0 heterocycles. The number of methoxy groups -OCH3 is 1. The number of halogens is 2. The van der Waals surface area contributed by atoms with Crippen LogP contribution in [0.2, 0.25) is 10.0 Å². The number of esters is 1. The molecule has 0 bridgehead atoms. The van der Waals surface area contributed by atoms with Gasteiger partial charge in [-0.25, -0.2) is 0 Å². The quantitative estimate of drug-likeness (QED) is 0.647. The van der Waals surface area contributed by atoms with Crippen molar-refractivity contribution < 1.29 is 14.3 Å². The molecule has 0 amide bonds. The molecular formula is C12H15Cl2NO3. The first-order valence-electron chi connectivity index (χ1n) is 5.46. The van der Waals surface area contributed by atoms with Gasteiger partial charge in [0.15, 0.2) is 0 Å². The van der Waals surface area contributed by atoms with Gasteiger partial charge in [0.05, 0.1) is 18.7 Å². The van der Waals surface area contributed by atoms with Crippen molar-refractivity contribution in [3.05, 3.63) is 27.7 Å². The molecule has 0 saturated carbocycles. The van der Waals surface area contributed by atoms with Crippen LogP contribution < -0.4 is 10.5 Å². The number of hydrogen-bond acceptors (Lipinski definition) is 4. The second-order valence-electron chi connectivity index (χ2n) is 3.61. The van der Waals surface area contributed by atoms with Crippen molar-refractivity contribution in [3.63, 3.8) is 0 Å². The largest absolute Gasteiger partial charge is 0.492 e. The Hall–Kier alpha value is -0.970.